The molecule has 0 unspecified atom stereocenters. The predicted molar refractivity (Wildman–Crippen MR) is 225 cm³/mol. The molecule has 15 heteroatoms. The molecule has 0 aliphatic carbocycles. The quantitative estimate of drug-likeness (QED) is 0.111. The third kappa shape index (κ3) is 7.63. The van der Waals surface area contributed by atoms with Crippen molar-refractivity contribution in [1.29, 1.82) is 0 Å². The van der Waals surface area contributed by atoms with Crippen molar-refractivity contribution in [1.82, 2.24) is 0 Å². The SMILES string of the molecule is Cc1cc(P(=O)(c2ccccc2)c2ccccc2)c(Cl)c2c1OC(F)(F)O2.O=P(c1ccccc1)(c1ccccc1)c1cc(Oc2ccccc2)c2c(c1Cl)OC(F)(F)O2. The van der Waals surface area contributed by atoms with Crippen LogP contribution in [0.4, 0.5) is 17.6 Å². The topological polar surface area (TPSA) is 80.3 Å². The van der Waals surface area contributed by atoms with Crippen LogP contribution < -0.4 is 55.5 Å². The first-order chi connectivity index (χ1) is 28.7. The van der Waals surface area contributed by atoms with Gasteiger partial charge in [-0.15, -0.1) is 17.6 Å². The van der Waals surface area contributed by atoms with Gasteiger partial charge in [-0.1, -0.05) is 163 Å². The van der Waals surface area contributed by atoms with Crippen molar-refractivity contribution in [3.63, 3.8) is 0 Å². The summed E-state index contributed by atoms with van der Waals surface area (Å²) in [6, 6.07) is 46.6. The molecule has 0 saturated heterocycles. The van der Waals surface area contributed by atoms with Crippen LogP contribution in [-0.4, -0.2) is 12.6 Å². The first-order valence-corrected chi connectivity index (χ1v) is 22.3. The minimum atomic E-state index is -3.94. The molecule has 0 N–H and O–H groups in total. The minimum absolute atomic E-state index is 0.0835. The first kappa shape index (κ1) is 41.1. The summed E-state index contributed by atoms with van der Waals surface area (Å²) in [5.74, 6) is -0.909. The van der Waals surface area contributed by atoms with Gasteiger partial charge in [-0.3, -0.25) is 0 Å². The molecule has 2 aliphatic heterocycles. The Morgan fingerprint density at radius 3 is 1.18 bits per heavy atom. The summed E-state index contributed by atoms with van der Waals surface area (Å²) in [5, 5.41) is 2.03. The van der Waals surface area contributed by atoms with E-state index >= 15 is 0 Å². The summed E-state index contributed by atoms with van der Waals surface area (Å²) in [5.41, 5.74) is 0.369. The van der Waals surface area contributed by atoms with Gasteiger partial charge in [0.2, 0.25) is 5.75 Å². The van der Waals surface area contributed by atoms with Gasteiger partial charge in [0.15, 0.2) is 37.3 Å². The molecule has 60 heavy (non-hydrogen) atoms. The Hall–Kier alpha value is -5.70. The van der Waals surface area contributed by atoms with Crippen LogP contribution >= 0.6 is 37.5 Å². The Labute approximate surface area is 351 Å². The highest BCUT2D eigenvalue weighted by Crippen LogP contribution is 2.56. The Morgan fingerprint density at radius 2 is 0.783 bits per heavy atom. The van der Waals surface area contributed by atoms with Gasteiger partial charge in [-0.05, 0) is 36.8 Å². The lowest BCUT2D eigenvalue weighted by atomic mass is 10.2. The van der Waals surface area contributed by atoms with Crippen molar-refractivity contribution in [2.24, 2.45) is 0 Å². The van der Waals surface area contributed by atoms with E-state index in [1.807, 2.05) is 12.1 Å². The molecular formula is C45H30Cl2F4O7P2. The number of rotatable bonds is 8. The standard InChI is InChI=1S/C25H16ClF2O4P.C20H14ClF2O3P/c26-22-21(33(29,18-12-6-2-7-13-18)19-14-8-3-9-15-19)16-20(30-17-10-4-1-5-11-17)23-24(22)32-25(27,28)31-23;1-13-12-16(17(21)19-18(13)25-20(22,23)26-19)27(24,14-8-4-2-5-9-14)15-10-6-3-7-11-15/h1-16H;2-12H,1H3. The Morgan fingerprint density at radius 1 is 0.467 bits per heavy atom. The Kier molecular flexibility index (Phi) is 11.0. The molecule has 0 spiro atoms. The second-order valence-corrected chi connectivity index (χ2v) is 19.6. The van der Waals surface area contributed by atoms with Crippen LogP contribution in [-0.2, 0) is 9.13 Å². The minimum Gasteiger partial charge on any atom is -0.453 e. The van der Waals surface area contributed by atoms with Gasteiger partial charge in [0.25, 0.3) is 0 Å². The van der Waals surface area contributed by atoms with Gasteiger partial charge < -0.3 is 32.8 Å². The lowest BCUT2D eigenvalue weighted by molar-refractivity contribution is -0.287. The first-order valence-electron chi connectivity index (χ1n) is 18.1. The van der Waals surface area contributed by atoms with Crippen molar-refractivity contribution >= 4 is 69.3 Å². The Balaban J connectivity index is 0.000000170. The van der Waals surface area contributed by atoms with E-state index in [1.54, 1.807) is 146 Å². The number of para-hydroxylation sites is 1. The highest BCUT2D eigenvalue weighted by Gasteiger charge is 2.49. The number of alkyl halides is 4. The molecule has 0 atom stereocenters. The van der Waals surface area contributed by atoms with Gasteiger partial charge >= 0.3 is 12.6 Å². The monoisotopic (exact) mass is 890 g/mol. The molecule has 0 amide bonds. The second kappa shape index (κ2) is 16.1. The van der Waals surface area contributed by atoms with E-state index in [4.69, 9.17) is 37.4 Å². The number of halogens is 6. The molecule has 0 fully saturated rings. The van der Waals surface area contributed by atoms with Crippen molar-refractivity contribution in [2.75, 3.05) is 0 Å². The van der Waals surface area contributed by atoms with E-state index < -0.39 is 32.6 Å². The van der Waals surface area contributed by atoms with Crippen LogP contribution in [0.15, 0.2) is 164 Å². The van der Waals surface area contributed by atoms with E-state index in [9.17, 15) is 26.7 Å². The fourth-order valence-electron chi connectivity index (χ4n) is 6.79. The zero-order valence-corrected chi connectivity index (χ0v) is 34.4. The molecule has 2 aliphatic rings. The average Bonchev–Trinajstić information content (AvgIpc) is 3.80. The van der Waals surface area contributed by atoms with Crippen LogP contribution in [0.25, 0.3) is 0 Å². The van der Waals surface area contributed by atoms with Gasteiger partial charge in [-0.2, -0.15) is 0 Å². The highest BCUT2D eigenvalue weighted by atomic mass is 35.5. The highest BCUT2D eigenvalue weighted by molar-refractivity contribution is 7.86. The van der Waals surface area contributed by atoms with E-state index in [1.165, 1.54) is 12.1 Å². The number of hydrogen-bond acceptors (Lipinski definition) is 7. The van der Waals surface area contributed by atoms with Crippen molar-refractivity contribution < 1.29 is 50.4 Å². The molecule has 0 bridgehead atoms. The van der Waals surface area contributed by atoms with E-state index in [-0.39, 0.29) is 43.7 Å². The molecule has 0 aromatic heterocycles. The van der Waals surface area contributed by atoms with Crippen molar-refractivity contribution in [3.8, 4) is 34.5 Å². The molecule has 7 aromatic rings. The summed E-state index contributed by atoms with van der Waals surface area (Å²) >= 11 is 13.0. The van der Waals surface area contributed by atoms with Crippen LogP contribution in [0.3, 0.4) is 0 Å². The normalized spacial score (nSPS) is 14.5. The summed E-state index contributed by atoms with van der Waals surface area (Å²) in [4.78, 5) is 0. The number of hydrogen-bond donors (Lipinski definition) is 0. The Bertz CT molecular complexity index is 2700. The molecular weight excluding hydrogens is 861 g/mol. The summed E-state index contributed by atoms with van der Waals surface area (Å²) in [6.45, 7) is 1.59. The van der Waals surface area contributed by atoms with Gasteiger partial charge in [0.1, 0.15) is 5.75 Å². The number of fused-ring (bicyclic) bond motifs is 2. The van der Waals surface area contributed by atoms with E-state index in [2.05, 4.69) is 9.47 Å². The molecule has 2 heterocycles. The second-order valence-electron chi connectivity index (χ2n) is 13.4. The van der Waals surface area contributed by atoms with E-state index in [0.29, 0.717) is 32.5 Å². The molecule has 0 radical (unpaired) electrons. The maximum Gasteiger partial charge on any atom is 0.586 e. The van der Waals surface area contributed by atoms with Crippen LogP contribution in [0, 0.1) is 6.92 Å². The summed E-state index contributed by atoms with van der Waals surface area (Å²) < 4.78 is 109. The van der Waals surface area contributed by atoms with Gasteiger partial charge in [0, 0.05) is 31.8 Å². The maximum atomic E-state index is 14.8. The van der Waals surface area contributed by atoms with Crippen LogP contribution in [0.5, 0.6) is 34.5 Å². The molecule has 7 nitrogen and oxygen atoms in total. The third-order valence-electron chi connectivity index (χ3n) is 9.48. The predicted octanol–water partition coefficient (Wildman–Crippen LogP) is 10.7. The smallest absolute Gasteiger partial charge is 0.453 e. The molecule has 304 valence electrons. The number of aryl methyl sites for hydroxylation is 1. The molecule has 0 saturated carbocycles. The number of benzene rings is 7. The van der Waals surface area contributed by atoms with Gasteiger partial charge in [-0.25, -0.2) is 0 Å². The fraction of sp³-hybridized carbons (Fsp3) is 0.0667. The summed E-state index contributed by atoms with van der Waals surface area (Å²) in [6.07, 6.45) is -7.75. The van der Waals surface area contributed by atoms with E-state index in [0.717, 1.165) is 0 Å². The lowest BCUT2D eigenvalue weighted by Gasteiger charge is -2.22. The third-order valence-corrected chi connectivity index (χ3v) is 16.7. The maximum absolute atomic E-state index is 14.8. The zero-order valence-electron chi connectivity index (χ0n) is 31.1. The van der Waals surface area contributed by atoms with Crippen LogP contribution in [0.2, 0.25) is 10.0 Å². The largest absolute Gasteiger partial charge is 0.586 e. The fourth-order valence-corrected chi connectivity index (χ4v) is 13.4. The number of ether oxygens (including phenoxy) is 5. The van der Waals surface area contributed by atoms with Crippen molar-refractivity contribution in [3.05, 3.63) is 179 Å². The van der Waals surface area contributed by atoms with Crippen LogP contribution in [0.1, 0.15) is 5.56 Å². The van der Waals surface area contributed by atoms with Gasteiger partial charge in [0.05, 0.1) is 10.0 Å². The zero-order chi connectivity index (χ0) is 42.3. The lowest BCUT2D eigenvalue weighted by Crippen LogP contribution is -2.27. The molecule has 9 rings (SSSR count). The average molecular weight is 892 g/mol. The molecule has 7 aromatic carbocycles. The summed E-state index contributed by atoms with van der Waals surface area (Å²) in [7, 11) is -7.04. The van der Waals surface area contributed by atoms with Crippen molar-refractivity contribution in [2.45, 2.75) is 19.5 Å².